The van der Waals surface area contributed by atoms with Gasteiger partial charge in [-0.15, -0.1) is 0 Å². The Morgan fingerprint density at radius 3 is 2.70 bits per heavy atom. The van der Waals surface area contributed by atoms with Gasteiger partial charge in [-0.05, 0) is 68.4 Å². The van der Waals surface area contributed by atoms with Gasteiger partial charge in [-0.1, -0.05) is 12.2 Å². The van der Waals surface area contributed by atoms with Gasteiger partial charge in [-0.25, -0.2) is 0 Å². The van der Waals surface area contributed by atoms with E-state index in [1.165, 1.54) is 12.0 Å². The molecule has 0 radical (unpaired) electrons. The maximum atomic E-state index is 13.4. The van der Waals surface area contributed by atoms with Gasteiger partial charge in [-0.3, -0.25) is 14.6 Å². The number of nitrogens with zero attached hydrogens (tertiary/aromatic N) is 2. The molecule has 4 rings (SSSR count). The first-order valence-corrected chi connectivity index (χ1v) is 12.5. The van der Waals surface area contributed by atoms with Crippen molar-refractivity contribution >= 4 is 17.4 Å². The molecule has 6 atom stereocenters. The highest BCUT2D eigenvalue weighted by Gasteiger charge is 2.43. The second-order valence-corrected chi connectivity index (χ2v) is 9.87. The number of aliphatic imine (C=N–C) groups is 1. The van der Waals surface area contributed by atoms with Gasteiger partial charge in [0.05, 0.1) is 18.1 Å². The lowest BCUT2D eigenvalue weighted by Gasteiger charge is -2.39. The summed E-state index contributed by atoms with van der Waals surface area (Å²) < 4.78 is 11.4. The van der Waals surface area contributed by atoms with Crippen molar-refractivity contribution in [3.05, 3.63) is 23.8 Å². The summed E-state index contributed by atoms with van der Waals surface area (Å²) in [5.74, 6) is -0.264. The third kappa shape index (κ3) is 5.64. The van der Waals surface area contributed by atoms with Gasteiger partial charge in [0, 0.05) is 45.9 Å². The lowest BCUT2D eigenvalue weighted by Crippen LogP contribution is -2.44. The Hall–Kier alpha value is -1.83. The number of hydrogen-bond acceptors (Lipinski definition) is 6. The molecule has 1 fully saturated rings. The summed E-state index contributed by atoms with van der Waals surface area (Å²) >= 11 is 0. The molecule has 2 aliphatic heterocycles. The minimum absolute atomic E-state index is 0.0229. The first kappa shape index (κ1) is 24.3. The van der Waals surface area contributed by atoms with E-state index in [1.807, 2.05) is 11.0 Å². The first-order chi connectivity index (χ1) is 16.0. The minimum atomic E-state index is -0.609. The Kier molecular flexibility index (Phi) is 8.15. The highest BCUT2D eigenvalue weighted by molar-refractivity contribution is 6.01. The lowest BCUT2D eigenvalue weighted by molar-refractivity contribution is -0.136. The molecule has 2 aliphatic carbocycles. The van der Waals surface area contributed by atoms with Crippen LogP contribution < -0.4 is 0 Å². The molecule has 0 aromatic heterocycles. The fraction of sp³-hybridized carbons (Fsp3) is 0.731. The van der Waals surface area contributed by atoms with E-state index in [0.717, 1.165) is 50.9 Å². The van der Waals surface area contributed by atoms with Crippen molar-refractivity contribution in [2.45, 2.75) is 76.2 Å². The number of ether oxygens (including phenoxy) is 2. The van der Waals surface area contributed by atoms with Crippen LogP contribution in [0.4, 0.5) is 0 Å². The largest absolute Gasteiger partial charge is 0.381 e. The molecule has 1 saturated heterocycles. The summed E-state index contributed by atoms with van der Waals surface area (Å²) in [6, 6.07) is 0. The summed E-state index contributed by atoms with van der Waals surface area (Å²) in [5.41, 5.74) is 2.16. The number of rotatable bonds is 6. The van der Waals surface area contributed by atoms with Crippen LogP contribution in [0.25, 0.3) is 0 Å². The van der Waals surface area contributed by atoms with Gasteiger partial charge in [0.1, 0.15) is 6.23 Å². The number of fused-ring (bicyclic) bond motifs is 1. The second kappa shape index (κ2) is 11.1. The number of piperidine rings is 1. The van der Waals surface area contributed by atoms with Crippen LogP contribution in [0.1, 0.15) is 57.8 Å². The molecule has 2 heterocycles. The molecule has 7 heteroatoms. The number of allylic oxidation sites excluding steroid dienone is 3. The van der Waals surface area contributed by atoms with Crippen LogP contribution in [-0.2, 0) is 19.1 Å². The van der Waals surface area contributed by atoms with Crippen LogP contribution in [-0.4, -0.2) is 73.2 Å². The molecule has 0 bridgehead atoms. The molecule has 0 spiro atoms. The SMILES string of the molecule is COC1C=CC(=O)C(C(CC(=O)N2CCCCC2)C2C=C3CCC(O)N=C3CC2)C(OC)C1. The van der Waals surface area contributed by atoms with Crippen molar-refractivity contribution in [3.63, 3.8) is 0 Å². The van der Waals surface area contributed by atoms with Crippen molar-refractivity contribution in [1.29, 1.82) is 0 Å². The van der Waals surface area contributed by atoms with Gasteiger partial charge in [0.25, 0.3) is 0 Å². The summed E-state index contributed by atoms with van der Waals surface area (Å²) in [7, 11) is 3.30. The van der Waals surface area contributed by atoms with E-state index in [0.29, 0.717) is 19.3 Å². The lowest BCUT2D eigenvalue weighted by atomic mass is 9.69. The maximum Gasteiger partial charge on any atom is 0.222 e. The van der Waals surface area contributed by atoms with E-state index in [9.17, 15) is 14.7 Å². The summed E-state index contributed by atoms with van der Waals surface area (Å²) in [6.45, 7) is 1.62. The van der Waals surface area contributed by atoms with Gasteiger partial charge < -0.3 is 19.5 Å². The number of aliphatic hydroxyl groups is 1. The number of methoxy groups -OCH3 is 2. The molecule has 0 aromatic carbocycles. The van der Waals surface area contributed by atoms with Crippen molar-refractivity contribution in [2.24, 2.45) is 22.7 Å². The Bertz CT molecular complexity index is 813. The van der Waals surface area contributed by atoms with Crippen molar-refractivity contribution in [1.82, 2.24) is 4.90 Å². The number of ketones is 1. The zero-order valence-corrected chi connectivity index (χ0v) is 19.9. The molecule has 1 N–H and O–H groups in total. The number of carbonyl (C=O) groups excluding carboxylic acids is 2. The number of aliphatic hydroxyl groups excluding tert-OH is 1. The summed E-state index contributed by atoms with van der Waals surface area (Å²) in [5, 5.41) is 9.93. The Labute approximate surface area is 196 Å². The molecule has 4 aliphatic rings. The average molecular weight is 459 g/mol. The van der Waals surface area contributed by atoms with Gasteiger partial charge in [0.15, 0.2) is 5.78 Å². The zero-order valence-electron chi connectivity index (χ0n) is 19.9. The van der Waals surface area contributed by atoms with Crippen LogP contribution in [0.5, 0.6) is 0 Å². The molecule has 33 heavy (non-hydrogen) atoms. The number of amides is 1. The first-order valence-electron chi connectivity index (χ1n) is 12.5. The average Bonchev–Trinajstić information content (AvgIpc) is 3.00. The third-order valence-corrected chi connectivity index (χ3v) is 7.88. The van der Waals surface area contributed by atoms with Gasteiger partial charge in [-0.2, -0.15) is 0 Å². The van der Waals surface area contributed by atoms with Gasteiger partial charge >= 0.3 is 0 Å². The maximum absolute atomic E-state index is 13.4. The quantitative estimate of drug-likeness (QED) is 0.661. The Balaban J connectivity index is 1.64. The van der Waals surface area contributed by atoms with E-state index in [-0.39, 0.29) is 35.7 Å². The van der Waals surface area contributed by atoms with Crippen LogP contribution >= 0.6 is 0 Å². The Morgan fingerprint density at radius 2 is 1.97 bits per heavy atom. The zero-order chi connectivity index (χ0) is 23.4. The van der Waals surface area contributed by atoms with E-state index < -0.39 is 12.1 Å². The fourth-order valence-corrected chi connectivity index (χ4v) is 6.02. The smallest absolute Gasteiger partial charge is 0.222 e. The van der Waals surface area contributed by atoms with E-state index >= 15 is 0 Å². The highest BCUT2D eigenvalue weighted by atomic mass is 16.5. The van der Waals surface area contributed by atoms with Crippen molar-refractivity contribution in [2.75, 3.05) is 27.3 Å². The van der Waals surface area contributed by atoms with E-state index in [4.69, 9.17) is 9.47 Å². The molecule has 0 aromatic rings. The minimum Gasteiger partial charge on any atom is -0.381 e. The van der Waals surface area contributed by atoms with Crippen molar-refractivity contribution in [3.8, 4) is 0 Å². The van der Waals surface area contributed by atoms with Crippen LogP contribution in [0.15, 0.2) is 28.8 Å². The van der Waals surface area contributed by atoms with Crippen LogP contribution in [0, 0.1) is 17.8 Å². The predicted molar refractivity (Wildman–Crippen MR) is 126 cm³/mol. The fourth-order valence-electron chi connectivity index (χ4n) is 6.02. The Morgan fingerprint density at radius 1 is 1.18 bits per heavy atom. The molecule has 182 valence electrons. The number of likely N-dealkylation sites (tertiary alicyclic amines) is 1. The third-order valence-electron chi connectivity index (χ3n) is 7.88. The van der Waals surface area contributed by atoms with Crippen LogP contribution in [0.2, 0.25) is 0 Å². The summed E-state index contributed by atoms with van der Waals surface area (Å²) in [4.78, 5) is 33.2. The monoisotopic (exact) mass is 458 g/mol. The number of hydrogen-bond donors (Lipinski definition) is 1. The summed E-state index contributed by atoms with van der Waals surface area (Å²) in [6.07, 6.45) is 11.8. The number of carbonyl (C=O) groups is 2. The van der Waals surface area contributed by atoms with Crippen LogP contribution in [0.3, 0.4) is 0 Å². The molecule has 6 unspecified atom stereocenters. The highest BCUT2D eigenvalue weighted by Crippen LogP contribution is 2.40. The molecule has 1 amide bonds. The predicted octanol–water partition coefficient (Wildman–Crippen LogP) is 3.07. The van der Waals surface area contributed by atoms with Crippen molar-refractivity contribution < 1.29 is 24.2 Å². The second-order valence-electron chi connectivity index (χ2n) is 9.87. The normalized spacial score (nSPS) is 33.6. The van der Waals surface area contributed by atoms with Gasteiger partial charge in [0.2, 0.25) is 5.91 Å². The van der Waals surface area contributed by atoms with E-state index in [2.05, 4.69) is 11.1 Å². The van der Waals surface area contributed by atoms with E-state index in [1.54, 1.807) is 20.3 Å². The molecular weight excluding hydrogens is 420 g/mol. The molecule has 0 saturated carbocycles. The standard InChI is InChI=1S/C26H38N2O5/c1-32-19-8-10-22(29)26(23(15-19)33-2)20(16-25(31)28-12-4-3-5-13-28)17-6-9-21-18(14-17)7-11-24(30)27-21/h8,10,14,17,19-20,23-24,26,30H,3-7,9,11-13,15-16H2,1-2H3. The molecule has 7 nitrogen and oxygen atoms in total. The molecular formula is C26H38N2O5. The topological polar surface area (TPSA) is 88.4 Å².